The van der Waals surface area contributed by atoms with E-state index < -0.39 is 34.5 Å². The van der Waals surface area contributed by atoms with Gasteiger partial charge in [-0.05, 0) is 18.1 Å². The second kappa shape index (κ2) is 4.09. The summed E-state index contributed by atoms with van der Waals surface area (Å²) in [6, 6.07) is 1.91. The lowest BCUT2D eigenvalue weighted by Crippen LogP contribution is -2.13. The zero-order valence-electron chi connectivity index (χ0n) is 8.21. The topological polar surface area (TPSA) is 63.4 Å². The van der Waals surface area contributed by atoms with Crippen LogP contribution in [0, 0.1) is 17.0 Å². The van der Waals surface area contributed by atoms with Crippen molar-refractivity contribution in [2.24, 2.45) is 0 Å². The summed E-state index contributed by atoms with van der Waals surface area (Å²) in [6.45, 7) is 0.531. The number of aliphatic hydroxyl groups is 1. The van der Waals surface area contributed by atoms with Crippen LogP contribution in [0.5, 0.6) is 0 Å². The molecule has 0 aromatic heterocycles. The van der Waals surface area contributed by atoms with E-state index in [1.807, 2.05) is 0 Å². The number of aliphatic hydroxyl groups excluding tert-OH is 1. The van der Waals surface area contributed by atoms with Crippen LogP contribution in [0.25, 0.3) is 0 Å². The minimum Gasteiger partial charge on any atom is -0.392 e. The number of hydrogen-bond donors (Lipinski definition) is 1. The summed E-state index contributed by atoms with van der Waals surface area (Å²) in [5, 5.41) is 19.3. The molecule has 0 spiro atoms. The van der Waals surface area contributed by atoms with Crippen molar-refractivity contribution in [3.63, 3.8) is 0 Å². The third kappa shape index (κ3) is 2.30. The molecule has 0 atom stereocenters. The lowest BCUT2D eigenvalue weighted by Gasteiger charge is -2.12. The molecule has 0 saturated heterocycles. The molecule has 1 N–H and O–H groups in total. The highest BCUT2D eigenvalue weighted by molar-refractivity contribution is 5.50. The molecule has 1 rings (SSSR count). The van der Waals surface area contributed by atoms with Crippen LogP contribution < -0.4 is 0 Å². The van der Waals surface area contributed by atoms with Gasteiger partial charge >= 0.3 is 6.18 Å². The van der Waals surface area contributed by atoms with Gasteiger partial charge in [0.2, 0.25) is 0 Å². The fraction of sp³-hybridized carbons (Fsp3) is 0.333. The minimum absolute atomic E-state index is 0.295. The Morgan fingerprint density at radius 1 is 1.44 bits per heavy atom. The number of nitro benzene ring substituents is 1. The zero-order valence-corrected chi connectivity index (χ0v) is 8.21. The quantitative estimate of drug-likeness (QED) is 0.632. The average molecular weight is 235 g/mol. The fourth-order valence-electron chi connectivity index (χ4n) is 1.44. The summed E-state index contributed by atoms with van der Waals surface area (Å²) in [6.07, 6.45) is -4.85. The third-order valence-electron chi connectivity index (χ3n) is 1.99. The lowest BCUT2D eigenvalue weighted by molar-refractivity contribution is -0.388. The van der Waals surface area contributed by atoms with Crippen molar-refractivity contribution >= 4 is 5.69 Å². The summed E-state index contributed by atoms with van der Waals surface area (Å²) in [5.74, 6) is 0. The molecule has 0 fully saturated rings. The Kier molecular flexibility index (Phi) is 3.18. The molecule has 0 bridgehead atoms. The van der Waals surface area contributed by atoms with Crippen molar-refractivity contribution in [2.45, 2.75) is 19.7 Å². The molecular formula is C9H8F3NO3. The first-order chi connectivity index (χ1) is 7.27. The highest BCUT2D eigenvalue weighted by Gasteiger charge is 2.40. The van der Waals surface area contributed by atoms with Gasteiger partial charge in [0.15, 0.2) is 0 Å². The van der Waals surface area contributed by atoms with E-state index in [-0.39, 0.29) is 0 Å². The van der Waals surface area contributed by atoms with Crippen molar-refractivity contribution in [3.05, 3.63) is 38.9 Å². The van der Waals surface area contributed by atoms with E-state index in [1.165, 1.54) is 6.92 Å². The Bertz CT molecular complexity index is 429. The molecule has 1 aromatic rings. The van der Waals surface area contributed by atoms with Gasteiger partial charge in [0.05, 0.1) is 11.5 Å². The van der Waals surface area contributed by atoms with Crippen LogP contribution in [0.2, 0.25) is 0 Å². The highest BCUT2D eigenvalue weighted by atomic mass is 19.4. The van der Waals surface area contributed by atoms with E-state index in [0.717, 1.165) is 12.1 Å². The van der Waals surface area contributed by atoms with Gasteiger partial charge < -0.3 is 5.11 Å². The first-order valence-electron chi connectivity index (χ1n) is 4.23. The maximum absolute atomic E-state index is 12.6. The number of hydrogen-bond acceptors (Lipinski definition) is 3. The summed E-state index contributed by atoms with van der Waals surface area (Å²) in [5.41, 5.74) is -2.61. The Balaban J connectivity index is 3.58. The Morgan fingerprint density at radius 2 is 2.00 bits per heavy atom. The standard InChI is InChI=1S/C9H8F3NO3/c1-5-2-6(4-14)8(9(10,11)12)7(3-5)13(15)16/h2-3,14H,4H2,1H3. The van der Waals surface area contributed by atoms with Crippen molar-refractivity contribution in [3.8, 4) is 0 Å². The molecule has 0 radical (unpaired) electrons. The number of rotatable bonds is 2. The van der Waals surface area contributed by atoms with Gasteiger partial charge in [0, 0.05) is 6.07 Å². The summed E-state index contributed by atoms with van der Waals surface area (Å²) >= 11 is 0. The Labute approximate surface area is 88.5 Å². The molecule has 4 nitrogen and oxygen atoms in total. The molecule has 0 amide bonds. The van der Waals surface area contributed by atoms with Gasteiger partial charge in [0.25, 0.3) is 5.69 Å². The molecule has 0 aliphatic rings. The summed E-state index contributed by atoms with van der Waals surface area (Å²) < 4.78 is 37.7. The Hall–Kier alpha value is -1.63. The number of nitrogens with zero attached hydrogens (tertiary/aromatic N) is 1. The van der Waals surface area contributed by atoms with E-state index >= 15 is 0 Å². The van der Waals surface area contributed by atoms with Crippen molar-refractivity contribution in [1.29, 1.82) is 0 Å². The van der Waals surface area contributed by atoms with Gasteiger partial charge in [-0.1, -0.05) is 6.07 Å². The maximum Gasteiger partial charge on any atom is 0.423 e. The summed E-state index contributed by atoms with van der Waals surface area (Å²) in [4.78, 5) is 9.41. The molecule has 0 saturated carbocycles. The number of benzene rings is 1. The molecule has 88 valence electrons. The number of alkyl halides is 3. The van der Waals surface area contributed by atoms with Crippen LogP contribution in [0.4, 0.5) is 18.9 Å². The first kappa shape index (κ1) is 12.4. The molecule has 1 aromatic carbocycles. The molecule has 0 aliphatic heterocycles. The zero-order chi connectivity index (χ0) is 12.5. The highest BCUT2D eigenvalue weighted by Crippen LogP contribution is 2.39. The number of nitro groups is 1. The smallest absolute Gasteiger partial charge is 0.392 e. The van der Waals surface area contributed by atoms with Gasteiger partial charge in [-0.15, -0.1) is 0 Å². The van der Waals surface area contributed by atoms with Crippen LogP contribution in [0.1, 0.15) is 16.7 Å². The van der Waals surface area contributed by atoms with Crippen molar-refractivity contribution < 1.29 is 23.2 Å². The average Bonchev–Trinajstić information content (AvgIpc) is 2.14. The SMILES string of the molecule is Cc1cc(CO)c(C(F)(F)F)c([N+](=O)[O-])c1. The van der Waals surface area contributed by atoms with E-state index in [2.05, 4.69) is 0 Å². The predicted octanol–water partition coefficient (Wildman–Crippen LogP) is 2.41. The summed E-state index contributed by atoms with van der Waals surface area (Å²) in [7, 11) is 0. The fourth-order valence-corrected chi connectivity index (χ4v) is 1.44. The van der Waals surface area contributed by atoms with Gasteiger partial charge in [0.1, 0.15) is 5.56 Å². The minimum atomic E-state index is -4.85. The first-order valence-corrected chi connectivity index (χ1v) is 4.23. The van der Waals surface area contributed by atoms with Crippen LogP contribution in [0.15, 0.2) is 12.1 Å². The lowest BCUT2D eigenvalue weighted by atomic mass is 10.0. The molecule has 0 aliphatic carbocycles. The van der Waals surface area contributed by atoms with Crippen LogP contribution in [0.3, 0.4) is 0 Å². The monoisotopic (exact) mass is 235 g/mol. The molecule has 7 heteroatoms. The van der Waals surface area contributed by atoms with Crippen molar-refractivity contribution in [2.75, 3.05) is 0 Å². The van der Waals surface area contributed by atoms with Gasteiger partial charge in [-0.3, -0.25) is 10.1 Å². The van der Waals surface area contributed by atoms with Crippen LogP contribution >= 0.6 is 0 Å². The van der Waals surface area contributed by atoms with Gasteiger partial charge in [-0.2, -0.15) is 13.2 Å². The van der Waals surface area contributed by atoms with Crippen molar-refractivity contribution in [1.82, 2.24) is 0 Å². The molecule has 0 unspecified atom stereocenters. The molecule has 0 heterocycles. The molecular weight excluding hydrogens is 227 g/mol. The van der Waals surface area contributed by atoms with E-state index in [9.17, 15) is 23.3 Å². The largest absolute Gasteiger partial charge is 0.423 e. The maximum atomic E-state index is 12.6. The van der Waals surface area contributed by atoms with Crippen LogP contribution in [-0.2, 0) is 12.8 Å². The number of halogens is 3. The second-order valence-corrected chi connectivity index (χ2v) is 3.23. The van der Waals surface area contributed by atoms with E-state index in [4.69, 9.17) is 5.11 Å². The molecule has 16 heavy (non-hydrogen) atoms. The number of aryl methyl sites for hydroxylation is 1. The van der Waals surface area contributed by atoms with E-state index in [1.54, 1.807) is 0 Å². The van der Waals surface area contributed by atoms with Gasteiger partial charge in [-0.25, -0.2) is 0 Å². The normalized spacial score (nSPS) is 11.6. The second-order valence-electron chi connectivity index (χ2n) is 3.23. The van der Waals surface area contributed by atoms with Crippen LogP contribution in [-0.4, -0.2) is 10.0 Å². The third-order valence-corrected chi connectivity index (χ3v) is 1.99. The van der Waals surface area contributed by atoms with E-state index in [0.29, 0.717) is 5.56 Å². The Morgan fingerprint density at radius 3 is 2.38 bits per heavy atom. The predicted molar refractivity (Wildman–Crippen MR) is 48.8 cm³/mol.